The molecule has 2 aromatic rings. The predicted octanol–water partition coefficient (Wildman–Crippen LogP) is 4.09. The average molecular weight is 393 g/mol. The first-order valence-corrected chi connectivity index (χ1v) is 9.90. The van der Waals surface area contributed by atoms with E-state index in [1.165, 1.54) is 25.0 Å². The molecule has 2 fully saturated rings. The van der Waals surface area contributed by atoms with Crippen LogP contribution in [-0.2, 0) is 12.7 Å². The second-order valence-electron chi connectivity index (χ2n) is 7.68. The van der Waals surface area contributed by atoms with Gasteiger partial charge in [-0.3, -0.25) is 9.80 Å². The lowest BCUT2D eigenvalue weighted by Crippen LogP contribution is -2.55. The molecule has 0 unspecified atom stereocenters. The Morgan fingerprint density at radius 3 is 2.54 bits per heavy atom. The van der Waals surface area contributed by atoms with E-state index >= 15 is 0 Å². The van der Waals surface area contributed by atoms with Crippen LogP contribution in [-0.4, -0.2) is 55.1 Å². The highest BCUT2D eigenvalue weighted by molar-refractivity contribution is 5.49. The monoisotopic (exact) mass is 393 g/mol. The Morgan fingerprint density at radius 2 is 1.82 bits per heavy atom. The number of furan rings is 1. The molecule has 1 aromatic heterocycles. The summed E-state index contributed by atoms with van der Waals surface area (Å²) in [4.78, 5) is 7.00. The molecule has 28 heavy (non-hydrogen) atoms. The molecule has 4 rings (SSSR count). The van der Waals surface area contributed by atoms with Crippen molar-refractivity contribution >= 4 is 5.69 Å². The van der Waals surface area contributed by atoms with E-state index < -0.39 is 11.7 Å². The standard InChI is InChI=1S/C21H26F3N3O/c22-21(23,24)17-4-1-5-18(14-17)26-9-11-27(12-10-26)19-6-2-8-25(15-19)16-20-7-3-13-28-20/h1,3-5,7,13-14,19H,2,6,8-12,15-16H2/t19-/m1/s1. The highest BCUT2D eigenvalue weighted by atomic mass is 19.4. The minimum atomic E-state index is -4.29. The summed E-state index contributed by atoms with van der Waals surface area (Å²) < 4.78 is 44.4. The number of benzene rings is 1. The normalized spacial score (nSPS) is 22.5. The van der Waals surface area contributed by atoms with Gasteiger partial charge in [0.2, 0.25) is 0 Å². The molecular formula is C21H26F3N3O. The summed E-state index contributed by atoms with van der Waals surface area (Å²) in [6, 6.07) is 10.1. The number of piperazine rings is 1. The van der Waals surface area contributed by atoms with Crippen LogP contribution < -0.4 is 4.90 Å². The summed E-state index contributed by atoms with van der Waals surface area (Å²) in [6.45, 7) is 6.23. The molecule has 0 bridgehead atoms. The fraction of sp³-hybridized carbons (Fsp3) is 0.524. The van der Waals surface area contributed by atoms with Crippen LogP contribution in [0.4, 0.5) is 18.9 Å². The van der Waals surface area contributed by atoms with E-state index in [1.54, 1.807) is 12.3 Å². The summed E-state index contributed by atoms with van der Waals surface area (Å²) in [7, 11) is 0. The number of piperidine rings is 1. The number of nitrogens with zero attached hydrogens (tertiary/aromatic N) is 3. The fourth-order valence-electron chi connectivity index (χ4n) is 4.32. The minimum Gasteiger partial charge on any atom is -0.468 e. The van der Waals surface area contributed by atoms with Crippen molar-refractivity contribution in [1.29, 1.82) is 0 Å². The molecule has 7 heteroatoms. The molecule has 0 N–H and O–H groups in total. The Balaban J connectivity index is 1.32. The van der Waals surface area contributed by atoms with Gasteiger partial charge in [0.25, 0.3) is 0 Å². The molecule has 152 valence electrons. The van der Waals surface area contributed by atoms with Gasteiger partial charge < -0.3 is 9.32 Å². The van der Waals surface area contributed by atoms with E-state index in [0.717, 1.165) is 57.6 Å². The molecule has 2 aliphatic rings. The van der Waals surface area contributed by atoms with Crippen molar-refractivity contribution in [3.63, 3.8) is 0 Å². The quantitative estimate of drug-likeness (QED) is 0.781. The zero-order valence-corrected chi connectivity index (χ0v) is 15.9. The van der Waals surface area contributed by atoms with Crippen molar-refractivity contribution in [3.05, 3.63) is 54.0 Å². The maximum absolute atomic E-state index is 13.0. The van der Waals surface area contributed by atoms with E-state index in [4.69, 9.17) is 4.42 Å². The van der Waals surface area contributed by atoms with E-state index in [2.05, 4.69) is 14.7 Å². The number of hydrogen-bond donors (Lipinski definition) is 0. The van der Waals surface area contributed by atoms with Gasteiger partial charge in [0.05, 0.1) is 18.4 Å². The van der Waals surface area contributed by atoms with Crippen LogP contribution in [0.25, 0.3) is 0 Å². The van der Waals surface area contributed by atoms with Crippen molar-refractivity contribution in [2.24, 2.45) is 0 Å². The van der Waals surface area contributed by atoms with Crippen molar-refractivity contribution in [1.82, 2.24) is 9.80 Å². The van der Waals surface area contributed by atoms with E-state index in [-0.39, 0.29) is 0 Å². The zero-order valence-electron chi connectivity index (χ0n) is 15.9. The van der Waals surface area contributed by atoms with Gasteiger partial charge >= 0.3 is 6.18 Å². The van der Waals surface area contributed by atoms with Crippen LogP contribution in [0.2, 0.25) is 0 Å². The largest absolute Gasteiger partial charge is 0.468 e. The molecule has 0 aliphatic carbocycles. The number of alkyl halides is 3. The second-order valence-corrected chi connectivity index (χ2v) is 7.68. The molecule has 0 amide bonds. The third-order valence-corrected chi connectivity index (χ3v) is 5.81. The first-order valence-electron chi connectivity index (χ1n) is 9.90. The number of rotatable bonds is 4. The van der Waals surface area contributed by atoms with Crippen molar-refractivity contribution in [3.8, 4) is 0 Å². The smallest absolute Gasteiger partial charge is 0.416 e. The van der Waals surface area contributed by atoms with Gasteiger partial charge in [-0.05, 0) is 49.7 Å². The third kappa shape index (κ3) is 4.52. The third-order valence-electron chi connectivity index (χ3n) is 5.81. The van der Waals surface area contributed by atoms with E-state index in [0.29, 0.717) is 11.7 Å². The Kier molecular flexibility index (Phi) is 5.64. The fourth-order valence-corrected chi connectivity index (χ4v) is 4.32. The Morgan fingerprint density at radius 1 is 1.00 bits per heavy atom. The van der Waals surface area contributed by atoms with Crippen LogP contribution >= 0.6 is 0 Å². The van der Waals surface area contributed by atoms with Gasteiger partial charge in [-0.25, -0.2) is 0 Å². The lowest BCUT2D eigenvalue weighted by atomic mass is 10.0. The average Bonchev–Trinajstić information content (AvgIpc) is 3.21. The molecule has 3 heterocycles. The van der Waals surface area contributed by atoms with Crippen LogP contribution in [0, 0.1) is 0 Å². The lowest BCUT2D eigenvalue weighted by Gasteiger charge is -2.44. The molecule has 1 aromatic carbocycles. The van der Waals surface area contributed by atoms with Crippen molar-refractivity contribution in [2.75, 3.05) is 44.2 Å². The highest BCUT2D eigenvalue weighted by Crippen LogP contribution is 2.32. The molecule has 0 saturated carbocycles. The highest BCUT2D eigenvalue weighted by Gasteiger charge is 2.32. The van der Waals surface area contributed by atoms with Crippen LogP contribution in [0.1, 0.15) is 24.2 Å². The summed E-state index contributed by atoms with van der Waals surface area (Å²) >= 11 is 0. The molecule has 1 atom stereocenters. The van der Waals surface area contributed by atoms with Crippen LogP contribution in [0.15, 0.2) is 47.1 Å². The number of halogens is 3. The van der Waals surface area contributed by atoms with Crippen molar-refractivity contribution < 1.29 is 17.6 Å². The molecule has 4 nitrogen and oxygen atoms in total. The van der Waals surface area contributed by atoms with Crippen LogP contribution in [0.5, 0.6) is 0 Å². The summed E-state index contributed by atoms with van der Waals surface area (Å²) in [5.41, 5.74) is 0.0887. The van der Waals surface area contributed by atoms with Gasteiger partial charge in [-0.15, -0.1) is 0 Å². The van der Waals surface area contributed by atoms with Crippen molar-refractivity contribution in [2.45, 2.75) is 31.6 Å². The van der Waals surface area contributed by atoms with Gasteiger partial charge in [-0.1, -0.05) is 6.07 Å². The van der Waals surface area contributed by atoms with Gasteiger partial charge in [0.1, 0.15) is 5.76 Å². The van der Waals surface area contributed by atoms with E-state index in [1.807, 2.05) is 12.1 Å². The van der Waals surface area contributed by atoms with Gasteiger partial charge in [0.15, 0.2) is 0 Å². The van der Waals surface area contributed by atoms with Gasteiger partial charge in [-0.2, -0.15) is 13.2 Å². The zero-order chi connectivity index (χ0) is 19.6. The number of anilines is 1. The minimum absolute atomic E-state index is 0.507. The second kappa shape index (κ2) is 8.17. The maximum atomic E-state index is 13.0. The lowest BCUT2D eigenvalue weighted by molar-refractivity contribution is -0.137. The number of hydrogen-bond acceptors (Lipinski definition) is 4. The molecule has 2 aliphatic heterocycles. The Bertz CT molecular complexity index is 755. The van der Waals surface area contributed by atoms with Gasteiger partial charge in [0, 0.05) is 44.5 Å². The SMILES string of the molecule is FC(F)(F)c1cccc(N2CCN([C@@H]3CCCN(Cc4ccco4)C3)CC2)c1. The maximum Gasteiger partial charge on any atom is 0.416 e. The number of likely N-dealkylation sites (tertiary alicyclic amines) is 1. The molecule has 0 radical (unpaired) electrons. The molecule has 0 spiro atoms. The predicted molar refractivity (Wildman–Crippen MR) is 102 cm³/mol. The first-order chi connectivity index (χ1) is 13.5. The molecular weight excluding hydrogens is 367 g/mol. The molecule has 2 saturated heterocycles. The van der Waals surface area contributed by atoms with E-state index in [9.17, 15) is 13.2 Å². The summed E-state index contributed by atoms with van der Waals surface area (Å²) in [5.74, 6) is 0.995. The Labute approximate surface area is 163 Å². The summed E-state index contributed by atoms with van der Waals surface area (Å²) in [6.07, 6.45) is -0.238. The summed E-state index contributed by atoms with van der Waals surface area (Å²) in [5, 5.41) is 0. The topological polar surface area (TPSA) is 22.9 Å². The Hall–Kier alpha value is -1.99. The first kappa shape index (κ1) is 19.3. The van der Waals surface area contributed by atoms with Crippen LogP contribution in [0.3, 0.4) is 0 Å².